The standard InChI is InChI=1S/C16H15BrN2O3/c1-11-8-13(17)4-7-15(11)22-10-16(21)19-18-9-12-2-5-14(20)6-3-12/h2-9,20H,10H2,1H3,(H,19,21). The van der Waals surface area contributed by atoms with Gasteiger partial charge in [0, 0.05) is 4.47 Å². The number of benzene rings is 2. The SMILES string of the molecule is Cc1cc(Br)ccc1OCC(=O)NN=Cc1ccc(O)cc1. The molecule has 1 amide bonds. The van der Waals surface area contributed by atoms with Crippen LogP contribution in [0.2, 0.25) is 0 Å². The predicted octanol–water partition coefficient (Wildman–Crippen LogP) is 2.99. The van der Waals surface area contributed by atoms with E-state index in [-0.39, 0.29) is 18.3 Å². The molecule has 0 saturated carbocycles. The molecule has 0 radical (unpaired) electrons. The number of phenolic OH excluding ortho intramolecular Hbond substituents is 1. The van der Waals surface area contributed by atoms with E-state index in [9.17, 15) is 4.79 Å². The average molecular weight is 363 g/mol. The normalized spacial score (nSPS) is 10.6. The van der Waals surface area contributed by atoms with E-state index < -0.39 is 0 Å². The Morgan fingerprint density at radius 1 is 1.32 bits per heavy atom. The molecule has 0 aliphatic heterocycles. The third-order valence-electron chi connectivity index (χ3n) is 2.79. The molecule has 0 aliphatic carbocycles. The third-order valence-corrected chi connectivity index (χ3v) is 3.28. The van der Waals surface area contributed by atoms with Crippen LogP contribution >= 0.6 is 15.9 Å². The summed E-state index contributed by atoms with van der Waals surface area (Å²) in [6.07, 6.45) is 1.49. The van der Waals surface area contributed by atoms with Crippen molar-refractivity contribution in [3.63, 3.8) is 0 Å². The monoisotopic (exact) mass is 362 g/mol. The number of ether oxygens (including phenoxy) is 1. The highest BCUT2D eigenvalue weighted by Gasteiger charge is 2.04. The van der Waals surface area contributed by atoms with E-state index in [4.69, 9.17) is 9.84 Å². The van der Waals surface area contributed by atoms with E-state index in [0.29, 0.717) is 5.75 Å². The summed E-state index contributed by atoms with van der Waals surface area (Å²) in [5.41, 5.74) is 4.09. The highest BCUT2D eigenvalue weighted by Crippen LogP contribution is 2.21. The minimum absolute atomic E-state index is 0.116. The Bertz CT molecular complexity index is 684. The van der Waals surface area contributed by atoms with Crippen LogP contribution < -0.4 is 10.2 Å². The van der Waals surface area contributed by atoms with Gasteiger partial charge in [-0.25, -0.2) is 5.43 Å². The van der Waals surface area contributed by atoms with Crippen LogP contribution in [-0.4, -0.2) is 23.8 Å². The Labute approximate surface area is 136 Å². The molecule has 2 N–H and O–H groups in total. The number of carbonyl (C=O) groups excluding carboxylic acids is 1. The number of hydrogen-bond donors (Lipinski definition) is 2. The second-order valence-corrected chi connectivity index (χ2v) is 5.50. The second kappa shape index (κ2) is 7.61. The maximum absolute atomic E-state index is 11.6. The lowest BCUT2D eigenvalue weighted by atomic mass is 10.2. The number of aromatic hydroxyl groups is 1. The number of nitrogens with zero attached hydrogens (tertiary/aromatic N) is 1. The fraction of sp³-hybridized carbons (Fsp3) is 0.125. The minimum Gasteiger partial charge on any atom is -0.508 e. The summed E-state index contributed by atoms with van der Waals surface area (Å²) in [6.45, 7) is 1.79. The minimum atomic E-state index is -0.350. The van der Waals surface area contributed by atoms with Gasteiger partial charge in [0.05, 0.1) is 6.21 Å². The molecule has 2 aromatic carbocycles. The van der Waals surface area contributed by atoms with Gasteiger partial charge < -0.3 is 9.84 Å². The van der Waals surface area contributed by atoms with E-state index in [0.717, 1.165) is 15.6 Å². The molecule has 0 unspecified atom stereocenters. The lowest BCUT2D eigenvalue weighted by Gasteiger charge is -2.08. The van der Waals surface area contributed by atoms with E-state index in [1.807, 2.05) is 19.1 Å². The molecule has 0 fully saturated rings. The van der Waals surface area contributed by atoms with Crippen molar-refractivity contribution in [2.45, 2.75) is 6.92 Å². The molecule has 0 spiro atoms. The molecular weight excluding hydrogens is 348 g/mol. The van der Waals surface area contributed by atoms with Gasteiger partial charge in [-0.2, -0.15) is 5.10 Å². The van der Waals surface area contributed by atoms with Crippen molar-refractivity contribution in [1.29, 1.82) is 0 Å². The van der Waals surface area contributed by atoms with E-state index in [1.54, 1.807) is 30.3 Å². The van der Waals surface area contributed by atoms with Gasteiger partial charge >= 0.3 is 0 Å². The number of hydrogen-bond acceptors (Lipinski definition) is 4. The number of aryl methyl sites for hydroxylation is 1. The molecule has 22 heavy (non-hydrogen) atoms. The van der Waals surface area contributed by atoms with Crippen molar-refractivity contribution in [2.24, 2.45) is 5.10 Å². The van der Waals surface area contributed by atoms with Crippen LogP contribution in [-0.2, 0) is 4.79 Å². The van der Waals surface area contributed by atoms with Gasteiger partial charge in [0.2, 0.25) is 0 Å². The first-order valence-corrected chi connectivity index (χ1v) is 7.34. The Morgan fingerprint density at radius 3 is 2.73 bits per heavy atom. The lowest BCUT2D eigenvalue weighted by Crippen LogP contribution is -2.24. The third kappa shape index (κ3) is 4.89. The van der Waals surface area contributed by atoms with Crippen LogP contribution in [0.5, 0.6) is 11.5 Å². The van der Waals surface area contributed by atoms with Gasteiger partial charge in [0.1, 0.15) is 11.5 Å². The van der Waals surface area contributed by atoms with Crippen molar-refractivity contribution in [3.8, 4) is 11.5 Å². The average Bonchev–Trinajstić information content (AvgIpc) is 2.48. The number of halogens is 1. The van der Waals surface area contributed by atoms with Crippen LogP contribution in [0.15, 0.2) is 52.0 Å². The molecule has 0 bridgehead atoms. The highest BCUT2D eigenvalue weighted by molar-refractivity contribution is 9.10. The summed E-state index contributed by atoms with van der Waals surface area (Å²) in [7, 11) is 0. The zero-order chi connectivity index (χ0) is 15.9. The van der Waals surface area contributed by atoms with Gasteiger partial charge in [0.25, 0.3) is 5.91 Å². The van der Waals surface area contributed by atoms with Crippen LogP contribution in [0.1, 0.15) is 11.1 Å². The van der Waals surface area contributed by atoms with E-state index >= 15 is 0 Å². The molecular formula is C16H15BrN2O3. The quantitative estimate of drug-likeness (QED) is 0.634. The molecule has 0 heterocycles. The van der Waals surface area contributed by atoms with Gasteiger partial charge in [-0.3, -0.25) is 4.79 Å². The maximum Gasteiger partial charge on any atom is 0.277 e. The van der Waals surface area contributed by atoms with Crippen LogP contribution in [0.25, 0.3) is 0 Å². The fourth-order valence-electron chi connectivity index (χ4n) is 1.69. The van der Waals surface area contributed by atoms with Crippen molar-refractivity contribution in [1.82, 2.24) is 5.43 Å². The van der Waals surface area contributed by atoms with Gasteiger partial charge in [-0.15, -0.1) is 0 Å². The molecule has 0 atom stereocenters. The van der Waals surface area contributed by atoms with Crippen molar-refractivity contribution in [2.75, 3.05) is 6.61 Å². The summed E-state index contributed by atoms with van der Waals surface area (Å²) in [4.78, 5) is 11.6. The largest absolute Gasteiger partial charge is 0.508 e. The number of phenols is 1. The number of amides is 1. The summed E-state index contributed by atoms with van der Waals surface area (Å²) in [5.74, 6) is 0.484. The second-order valence-electron chi connectivity index (χ2n) is 4.58. The smallest absolute Gasteiger partial charge is 0.277 e. The van der Waals surface area contributed by atoms with Crippen molar-refractivity contribution >= 4 is 28.1 Å². The number of hydrazone groups is 1. The predicted molar refractivity (Wildman–Crippen MR) is 88.2 cm³/mol. The summed E-state index contributed by atoms with van der Waals surface area (Å²) < 4.78 is 6.39. The Kier molecular flexibility index (Phi) is 5.55. The van der Waals surface area contributed by atoms with Gasteiger partial charge in [-0.05, 0) is 60.5 Å². The zero-order valence-corrected chi connectivity index (χ0v) is 13.5. The molecule has 114 valence electrons. The van der Waals surface area contributed by atoms with E-state index in [2.05, 4.69) is 26.5 Å². The number of nitrogens with one attached hydrogen (secondary N) is 1. The van der Waals surface area contributed by atoms with Crippen molar-refractivity contribution < 1.29 is 14.6 Å². The van der Waals surface area contributed by atoms with Crippen LogP contribution in [0, 0.1) is 6.92 Å². The first-order chi connectivity index (χ1) is 10.5. The van der Waals surface area contributed by atoms with Gasteiger partial charge in [-0.1, -0.05) is 15.9 Å². The van der Waals surface area contributed by atoms with Crippen LogP contribution in [0.4, 0.5) is 0 Å². The molecule has 0 saturated heterocycles. The molecule has 5 nitrogen and oxygen atoms in total. The molecule has 0 aromatic heterocycles. The first-order valence-electron chi connectivity index (χ1n) is 6.54. The van der Waals surface area contributed by atoms with Crippen LogP contribution in [0.3, 0.4) is 0 Å². The zero-order valence-electron chi connectivity index (χ0n) is 11.9. The highest BCUT2D eigenvalue weighted by atomic mass is 79.9. The Morgan fingerprint density at radius 2 is 2.05 bits per heavy atom. The molecule has 6 heteroatoms. The first kappa shape index (κ1) is 16.0. The van der Waals surface area contributed by atoms with Crippen molar-refractivity contribution in [3.05, 3.63) is 58.1 Å². The lowest BCUT2D eigenvalue weighted by molar-refractivity contribution is -0.123. The summed E-state index contributed by atoms with van der Waals surface area (Å²) in [5, 5.41) is 13.0. The maximum atomic E-state index is 11.6. The van der Waals surface area contributed by atoms with Gasteiger partial charge in [0.15, 0.2) is 6.61 Å². The summed E-state index contributed by atoms with van der Waals surface area (Å²) >= 11 is 3.37. The molecule has 2 rings (SSSR count). The number of carbonyl (C=O) groups is 1. The molecule has 0 aliphatic rings. The van der Waals surface area contributed by atoms with E-state index in [1.165, 1.54) is 6.21 Å². The fourth-order valence-corrected chi connectivity index (χ4v) is 2.17. The number of rotatable bonds is 5. The topological polar surface area (TPSA) is 70.9 Å². The Hall–Kier alpha value is -2.34. The molecule has 2 aromatic rings. The summed E-state index contributed by atoms with van der Waals surface area (Å²) in [6, 6.07) is 12.0. The Balaban J connectivity index is 1.81.